The van der Waals surface area contributed by atoms with Gasteiger partial charge in [-0.3, -0.25) is 14.5 Å². The van der Waals surface area contributed by atoms with E-state index in [1.165, 1.54) is 17.0 Å². The summed E-state index contributed by atoms with van der Waals surface area (Å²) < 4.78 is 19.1. The highest BCUT2D eigenvalue weighted by atomic mass is 19.1. The van der Waals surface area contributed by atoms with Gasteiger partial charge in [-0.1, -0.05) is 42.0 Å². The predicted octanol–water partition coefficient (Wildman–Crippen LogP) is 4.73. The van der Waals surface area contributed by atoms with Crippen LogP contribution in [0.5, 0.6) is 0 Å². The standard InChI is InChI=1S/C28H26FN3O4/c1-17-5-9-19(10-6-17)26(33)31-23-4-2-3-20(15-23)25-24(27(34)30-22-13-14-22)32(28(35)36-25)16-18-7-11-21(29)12-8-18/h2-12,15,22,24-25H,13-14,16H2,1H3,(H,30,34)(H,31,33)/t24-,25-/m0/s1. The molecule has 0 bridgehead atoms. The first-order chi connectivity index (χ1) is 17.4. The zero-order valence-electron chi connectivity index (χ0n) is 19.7. The van der Waals surface area contributed by atoms with Crippen molar-refractivity contribution in [3.63, 3.8) is 0 Å². The highest BCUT2D eigenvalue weighted by Gasteiger charge is 2.48. The molecule has 2 N–H and O–H groups in total. The molecule has 0 radical (unpaired) electrons. The molecule has 3 amide bonds. The van der Waals surface area contributed by atoms with Crippen molar-refractivity contribution in [1.29, 1.82) is 0 Å². The molecule has 36 heavy (non-hydrogen) atoms. The summed E-state index contributed by atoms with van der Waals surface area (Å²) in [6.07, 6.45) is 0.301. The van der Waals surface area contributed by atoms with Crippen molar-refractivity contribution in [2.75, 3.05) is 5.32 Å². The van der Waals surface area contributed by atoms with E-state index in [-0.39, 0.29) is 30.2 Å². The van der Waals surface area contributed by atoms with Crippen LogP contribution in [0.2, 0.25) is 0 Å². The van der Waals surface area contributed by atoms with Gasteiger partial charge in [0.1, 0.15) is 5.82 Å². The minimum Gasteiger partial charge on any atom is -0.438 e. The maximum atomic E-state index is 13.4. The Balaban J connectivity index is 1.39. The van der Waals surface area contributed by atoms with Crippen LogP contribution in [0, 0.1) is 12.7 Å². The molecule has 0 aromatic heterocycles. The monoisotopic (exact) mass is 487 g/mol. The van der Waals surface area contributed by atoms with E-state index in [9.17, 15) is 18.8 Å². The molecule has 3 aromatic carbocycles. The molecule has 8 heteroatoms. The average molecular weight is 488 g/mol. The van der Waals surface area contributed by atoms with E-state index in [2.05, 4.69) is 10.6 Å². The number of nitrogens with one attached hydrogen (secondary N) is 2. The molecule has 1 aliphatic carbocycles. The number of nitrogens with zero attached hydrogens (tertiary/aromatic N) is 1. The van der Waals surface area contributed by atoms with E-state index < -0.39 is 18.2 Å². The van der Waals surface area contributed by atoms with Gasteiger partial charge in [0, 0.05) is 17.3 Å². The molecular weight excluding hydrogens is 461 g/mol. The second-order valence-corrected chi connectivity index (χ2v) is 9.23. The maximum Gasteiger partial charge on any atom is 0.411 e. The van der Waals surface area contributed by atoms with E-state index in [0.29, 0.717) is 22.4 Å². The fourth-order valence-corrected chi connectivity index (χ4v) is 4.21. The lowest BCUT2D eigenvalue weighted by Gasteiger charge is -2.24. The van der Waals surface area contributed by atoms with Gasteiger partial charge in [0.05, 0.1) is 6.54 Å². The summed E-state index contributed by atoms with van der Waals surface area (Å²) in [6, 6.07) is 19.1. The number of ether oxygens (including phenoxy) is 1. The zero-order valence-corrected chi connectivity index (χ0v) is 19.7. The van der Waals surface area contributed by atoms with Crippen molar-refractivity contribution in [3.05, 3.63) is 101 Å². The molecule has 7 nitrogen and oxygen atoms in total. The largest absolute Gasteiger partial charge is 0.438 e. The van der Waals surface area contributed by atoms with Gasteiger partial charge in [0.15, 0.2) is 12.1 Å². The molecule has 5 rings (SSSR count). The van der Waals surface area contributed by atoms with Crippen LogP contribution in [0.3, 0.4) is 0 Å². The normalized spacial score (nSPS) is 19.1. The number of carbonyl (C=O) groups excluding carboxylic acids is 3. The Morgan fingerprint density at radius 1 is 1.03 bits per heavy atom. The average Bonchev–Trinajstić information content (AvgIpc) is 3.62. The number of halogens is 1. The van der Waals surface area contributed by atoms with Crippen LogP contribution in [0.25, 0.3) is 0 Å². The van der Waals surface area contributed by atoms with Crippen LogP contribution in [-0.2, 0) is 16.1 Å². The van der Waals surface area contributed by atoms with Gasteiger partial charge in [0.25, 0.3) is 5.91 Å². The third-order valence-corrected chi connectivity index (χ3v) is 6.33. The van der Waals surface area contributed by atoms with Crippen molar-refractivity contribution in [2.24, 2.45) is 0 Å². The van der Waals surface area contributed by atoms with E-state index in [4.69, 9.17) is 4.74 Å². The van der Waals surface area contributed by atoms with Crippen LogP contribution < -0.4 is 10.6 Å². The molecule has 2 aliphatic rings. The number of hydrogen-bond acceptors (Lipinski definition) is 4. The molecule has 1 aliphatic heterocycles. The zero-order chi connectivity index (χ0) is 25.2. The molecule has 0 spiro atoms. The molecular formula is C28H26FN3O4. The van der Waals surface area contributed by atoms with Crippen molar-refractivity contribution < 1.29 is 23.5 Å². The van der Waals surface area contributed by atoms with Gasteiger partial charge < -0.3 is 15.4 Å². The van der Waals surface area contributed by atoms with Gasteiger partial charge in [0.2, 0.25) is 5.91 Å². The number of aryl methyl sites for hydroxylation is 1. The molecule has 184 valence electrons. The summed E-state index contributed by atoms with van der Waals surface area (Å²) in [4.78, 5) is 40.2. The van der Waals surface area contributed by atoms with Gasteiger partial charge in [-0.05, 0) is 67.3 Å². The number of benzene rings is 3. The summed E-state index contributed by atoms with van der Waals surface area (Å²) in [5.41, 5.74) is 3.36. The lowest BCUT2D eigenvalue weighted by atomic mass is 10.00. The van der Waals surface area contributed by atoms with Crippen LogP contribution in [0.4, 0.5) is 14.9 Å². The van der Waals surface area contributed by atoms with Gasteiger partial charge in [-0.25, -0.2) is 9.18 Å². The van der Waals surface area contributed by atoms with Crippen molar-refractivity contribution >= 4 is 23.6 Å². The summed E-state index contributed by atoms with van der Waals surface area (Å²) in [7, 11) is 0. The SMILES string of the molecule is Cc1ccc(C(=O)Nc2cccc([C@@H]3OC(=O)N(Cc4ccc(F)cc4)[C@@H]3C(=O)NC3CC3)c2)cc1. The number of rotatable bonds is 7. The fraction of sp³-hybridized carbons (Fsp3) is 0.250. The highest BCUT2D eigenvalue weighted by Crippen LogP contribution is 2.35. The molecule has 0 unspecified atom stereocenters. The minimum absolute atomic E-state index is 0.0988. The Hall–Kier alpha value is -4.20. The lowest BCUT2D eigenvalue weighted by Crippen LogP contribution is -2.46. The first-order valence-corrected chi connectivity index (χ1v) is 11.9. The molecule has 1 saturated carbocycles. The Labute approximate surface area is 208 Å². The second-order valence-electron chi connectivity index (χ2n) is 9.23. The minimum atomic E-state index is -0.911. The van der Waals surface area contributed by atoms with Crippen LogP contribution in [-0.4, -0.2) is 34.9 Å². The predicted molar refractivity (Wildman–Crippen MR) is 132 cm³/mol. The molecule has 1 heterocycles. The van der Waals surface area contributed by atoms with Crippen LogP contribution in [0.15, 0.2) is 72.8 Å². The van der Waals surface area contributed by atoms with Gasteiger partial charge >= 0.3 is 6.09 Å². The Bertz CT molecular complexity index is 1290. The summed E-state index contributed by atoms with van der Waals surface area (Å²) in [5.74, 6) is -0.950. The first-order valence-electron chi connectivity index (χ1n) is 11.9. The Kier molecular flexibility index (Phi) is 6.41. The number of carbonyl (C=O) groups is 3. The third kappa shape index (κ3) is 5.22. The van der Waals surface area contributed by atoms with E-state index in [0.717, 1.165) is 18.4 Å². The first kappa shape index (κ1) is 23.5. The van der Waals surface area contributed by atoms with Gasteiger partial charge in [-0.15, -0.1) is 0 Å². The van der Waals surface area contributed by atoms with E-state index in [1.54, 1.807) is 48.5 Å². The number of cyclic esters (lactones) is 1. The lowest BCUT2D eigenvalue weighted by molar-refractivity contribution is -0.126. The maximum absolute atomic E-state index is 13.4. The van der Waals surface area contributed by atoms with E-state index in [1.807, 2.05) is 19.1 Å². The summed E-state index contributed by atoms with van der Waals surface area (Å²) in [5, 5.41) is 5.84. The number of amides is 3. The molecule has 3 aromatic rings. The smallest absolute Gasteiger partial charge is 0.411 e. The Morgan fingerprint density at radius 3 is 2.44 bits per heavy atom. The van der Waals surface area contributed by atoms with Crippen molar-refractivity contribution in [1.82, 2.24) is 10.2 Å². The van der Waals surface area contributed by atoms with Crippen molar-refractivity contribution in [3.8, 4) is 0 Å². The fourth-order valence-electron chi connectivity index (χ4n) is 4.21. The van der Waals surface area contributed by atoms with Gasteiger partial charge in [-0.2, -0.15) is 0 Å². The van der Waals surface area contributed by atoms with E-state index >= 15 is 0 Å². The molecule has 2 atom stereocenters. The quantitative estimate of drug-likeness (QED) is 0.505. The topological polar surface area (TPSA) is 87.7 Å². The number of hydrogen-bond donors (Lipinski definition) is 2. The summed E-state index contributed by atoms with van der Waals surface area (Å²) in [6.45, 7) is 2.05. The molecule has 2 fully saturated rings. The van der Waals surface area contributed by atoms with Crippen LogP contribution >= 0.6 is 0 Å². The summed E-state index contributed by atoms with van der Waals surface area (Å²) >= 11 is 0. The second kappa shape index (κ2) is 9.81. The third-order valence-electron chi connectivity index (χ3n) is 6.33. The highest BCUT2D eigenvalue weighted by molar-refractivity contribution is 6.04. The van der Waals surface area contributed by atoms with Crippen LogP contribution in [0.1, 0.15) is 46.0 Å². The molecule has 1 saturated heterocycles. The van der Waals surface area contributed by atoms with Crippen molar-refractivity contribution in [2.45, 2.75) is 44.5 Å². The Morgan fingerprint density at radius 2 is 1.75 bits per heavy atom. The number of anilines is 1.